The third-order valence-electron chi connectivity index (χ3n) is 5.02. The number of anilines is 1. The summed E-state index contributed by atoms with van der Waals surface area (Å²) in [6.45, 7) is 5.32. The van der Waals surface area contributed by atoms with Crippen molar-refractivity contribution >= 4 is 17.2 Å². The summed E-state index contributed by atoms with van der Waals surface area (Å²) in [5, 5.41) is 12.9. The molecule has 4 N–H and O–H groups in total. The Hall–Kier alpha value is -2.42. The van der Waals surface area contributed by atoms with E-state index in [2.05, 4.69) is 10.5 Å². The average Bonchev–Trinajstić information content (AvgIpc) is 3.24. The van der Waals surface area contributed by atoms with Crippen LogP contribution in [0.25, 0.3) is 0 Å². The number of alkyl halides is 1. The average molecular weight is 399 g/mol. The molecule has 0 bridgehead atoms. The molecule has 0 aromatic heterocycles. The molecule has 9 heteroatoms. The summed E-state index contributed by atoms with van der Waals surface area (Å²) in [7, 11) is 1.62. The fraction of sp³-hybridized carbons (Fsp3) is 0.579. The minimum absolute atomic E-state index is 0. The van der Waals surface area contributed by atoms with Gasteiger partial charge in [-0.3, -0.25) is 10.1 Å². The van der Waals surface area contributed by atoms with E-state index in [1.54, 1.807) is 25.3 Å². The predicted molar refractivity (Wildman–Crippen MR) is 109 cm³/mol. The smallest absolute Gasteiger partial charge is 0.127 e. The first kappa shape index (κ1) is 21.9. The van der Waals surface area contributed by atoms with E-state index in [9.17, 15) is 4.39 Å². The van der Waals surface area contributed by atoms with Crippen molar-refractivity contribution in [1.82, 2.24) is 10.3 Å². The largest absolute Gasteiger partial charge is 0.488 e. The highest BCUT2D eigenvalue weighted by Gasteiger charge is 2.35. The summed E-state index contributed by atoms with van der Waals surface area (Å²) >= 11 is 0. The van der Waals surface area contributed by atoms with Gasteiger partial charge in [-0.1, -0.05) is 6.92 Å². The molecular formula is C19H31F2N5O2. The number of amidine groups is 1. The van der Waals surface area contributed by atoms with Gasteiger partial charge in [-0.15, -0.1) is 0 Å². The van der Waals surface area contributed by atoms with E-state index in [4.69, 9.17) is 20.6 Å². The number of nitrogen functional groups attached to an aromatic ring is 1. The maximum Gasteiger partial charge on any atom is 0.127 e. The molecule has 0 radical (unpaired) electrons. The predicted octanol–water partition coefficient (Wildman–Crippen LogP) is 2.41. The topological polar surface area (TPSA) is 96.0 Å². The van der Waals surface area contributed by atoms with E-state index in [-0.39, 0.29) is 24.2 Å². The Labute approximate surface area is 165 Å². The van der Waals surface area contributed by atoms with E-state index >= 15 is 0 Å². The van der Waals surface area contributed by atoms with Crippen molar-refractivity contribution in [3.63, 3.8) is 0 Å². The van der Waals surface area contributed by atoms with Crippen molar-refractivity contribution in [3.8, 4) is 5.75 Å². The van der Waals surface area contributed by atoms with Crippen molar-refractivity contribution in [3.05, 3.63) is 23.8 Å². The van der Waals surface area contributed by atoms with Crippen molar-refractivity contribution in [1.29, 1.82) is 5.41 Å². The number of likely N-dealkylation sites (tertiary alicyclic amines) is 1. The fourth-order valence-corrected chi connectivity index (χ4v) is 3.46. The second kappa shape index (κ2) is 9.18. The Morgan fingerprint density at radius 3 is 2.89 bits per heavy atom. The number of hydrogen-bond donors (Lipinski definition) is 3. The third kappa shape index (κ3) is 4.70. The Morgan fingerprint density at radius 1 is 1.50 bits per heavy atom. The highest BCUT2D eigenvalue weighted by Crippen LogP contribution is 2.26. The first-order valence-corrected chi connectivity index (χ1v) is 9.24. The zero-order valence-corrected chi connectivity index (χ0v) is 16.4. The van der Waals surface area contributed by atoms with Crippen LogP contribution in [0.3, 0.4) is 0 Å². The minimum Gasteiger partial charge on any atom is -0.488 e. The summed E-state index contributed by atoms with van der Waals surface area (Å²) in [6.07, 6.45) is -0.390. The second-order valence-electron chi connectivity index (χ2n) is 7.36. The number of nitrogens with one attached hydrogen (secondary N) is 2. The van der Waals surface area contributed by atoms with E-state index in [0.717, 1.165) is 5.84 Å². The lowest BCUT2D eigenvalue weighted by Crippen LogP contribution is -2.33. The van der Waals surface area contributed by atoms with Gasteiger partial charge < -0.3 is 25.5 Å². The second-order valence-corrected chi connectivity index (χ2v) is 7.36. The summed E-state index contributed by atoms with van der Waals surface area (Å²) < 4.78 is 24.7. The van der Waals surface area contributed by atoms with Crippen LogP contribution < -0.4 is 15.9 Å². The van der Waals surface area contributed by atoms with Gasteiger partial charge in [-0.2, -0.15) is 5.10 Å². The van der Waals surface area contributed by atoms with Crippen LogP contribution in [-0.4, -0.2) is 61.6 Å². The van der Waals surface area contributed by atoms with Gasteiger partial charge in [-0.25, -0.2) is 4.39 Å². The summed E-state index contributed by atoms with van der Waals surface area (Å²) in [6, 6.07) is 5.02. The van der Waals surface area contributed by atoms with E-state index in [1.807, 2.05) is 18.7 Å². The first-order chi connectivity index (χ1) is 12.9. The molecule has 1 aromatic carbocycles. The molecule has 28 heavy (non-hydrogen) atoms. The molecule has 0 saturated carbocycles. The molecule has 2 unspecified atom stereocenters. The van der Waals surface area contributed by atoms with Crippen molar-refractivity contribution < 1.29 is 20.0 Å². The normalized spacial score (nSPS) is 24.9. The fourth-order valence-electron chi connectivity index (χ4n) is 3.46. The van der Waals surface area contributed by atoms with Gasteiger partial charge in [0.15, 0.2) is 0 Å². The van der Waals surface area contributed by atoms with Crippen molar-refractivity contribution in [2.75, 3.05) is 32.5 Å². The van der Waals surface area contributed by atoms with Crippen LogP contribution in [0.4, 0.5) is 14.8 Å². The standard InChI is InChI=1S/C19H28FN5O2.FH.H2/c1-11-8-25(9-15(11)20)18-7-17(23-24-18)19(22)14-6-13(4-5-16(14)21)27-12(2)10-26-3;;/h4-6,11-12,15,17,22-23H,7-10,21H2,1-3H3;2*1H/t11?,12-,15-,17?;;/m0../s1. The molecule has 1 saturated heterocycles. The molecule has 0 aliphatic carbocycles. The number of hydrogen-bond acceptors (Lipinski definition) is 7. The number of ether oxygens (including phenoxy) is 2. The molecule has 2 heterocycles. The monoisotopic (exact) mass is 399 g/mol. The van der Waals surface area contributed by atoms with Crippen molar-refractivity contribution in [2.45, 2.75) is 38.6 Å². The molecule has 1 fully saturated rings. The van der Waals surface area contributed by atoms with Crippen LogP contribution in [0.15, 0.2) is 23.3 Å². The lowest BCUT2D eigenvalue weighted by molar-refractivity contribution is 0.0921. The van der Waals surface area contributed by atoms with Gasteiger partial charge in [0.25, 0.3) is 0 Å². The highest BCUT2D eigenvalue weighted by atomic mass is 19.1. The molecule has 2 aliphatic heterocycles. The van der Waals surface area contributed by atoms with Gasteiger partial charge in [0.2, 0.25) is 0 Å². The van der Waals surface area contributed by atoms with Crippen LogP contribution in [0.1, 0.15) is 27.3 Å². The molecular weight excluding hydrogens is 368 g/mol. The number of hydrazone groups is 1. The molecule has 158 valence electrons. The summed E-state index contributed by atoms with van der Waals surface area (Å²) in [5.41, 5.74) is 10.6. The van der Waals surface area contributed by atoms with Gasteiger partial charge >= 0.3 is 0 Å². The molecule has 0 amide bonds. The Balaban J connectivity index is 0.00000210. The number of rotatable bonds is 6. The first-order valence-electron chi connectivity index (χ1n) is 9.24. The molecule has 4 atom stereocenters. The van der Waals surface area contributed by atoms with Crippen molar-refractivity contribution in [2.24, 2.45) is 11.0 Å². The van der Waals surface area contributed by atoms with Crippen LogP contribution in [0.2, 0.25) is 0 Å². The van der Waals surface area contributed by atoms with Crippen LogP contribution >= 0.6 is 0 Å². The van der Waals surface area contributed by atoms with Crippen LogP contribution in [0.5, 0.6) is 5.75 Å². The Morgan fingerprint density at radius 2 is 2.25 bits per heavy atom. The van der Waals surface area contributed by atoms with Crippen LogP contribution in [-0.2, 0) is 4.74 Å². The number of nitrogens with zero attached hydrogens (tertiary/aromatic N) is 2. The number of methoxy groups -OCH3 is 1. The Kier molecular flexibility index (Phi) is 7.17. The molecule has 3 rings (SSSR count). The molecule has 7 nitrogen and oxygen atoms in total. The lowest BCUT2D eigenvalue weighted by atomic mass is 9.99. The van der Waals surface area contributed by atoms with E-state index < -0.39 is 6.17 Å². The molecule has 1 aromatic rings. The lowest BCUT2D eigenvalue weighted by Gasteiger charge is -2.19. The number of benzene rings is 1. The van der Waals surface area contributed by atoms with Gasteiger partial charge in [0.05, 0.1) is 24.9 Å². The zero-order chi connectivity index (χ0) is 19.6. The summed E-state index contributed by atoms with van der Waals surface area (Å²) in [4.78, 5) is 1.96. The van der Waals surface area contributed by atoms with E-state index in [0.29, 0.717) is 48.8 Å². The SMILES string of the molecule is COC[C@H](C)Oc1ccc(N)c(C(=N)C2CC(N3CC(C)[C@@H](F)C3)=NN2)c1.F.[HH]. The minimum atomic E-state index is -0.829. The van der Waals surface area contributed by atoms with Gasteiger partial charge in [0, 0.05) is 38.7 Å². The number of nitrogens with two attached hydrogens (primary N) is 1. The Bertz CT molecular complexity index is 727. The van der Waals surface area contributed by atoms with Crippen LogP contribution in [0, 0.1) is 11.3 Å². The maximum atomic E-state index is 13.8. The third-order valence-corrected chi connectivity index (χ3v) is 5.02. The van der Waals surface area contributed by atoms with Gasteiger partial charge in [-0.05, 0) is 25.1 Å². The number of halogens is 2. The maximum absolute atomic E-state index is 13.8. The summed E-state index contributed by atoms with van der Waals surface area (Å²) in [5.74, 6) is 1.45. The molecule has 2 aliphatic rings. The molecule has 0 spiro atoms. The quantitative estimate of drug-likeness (QED) is 0.504. The van der Waals surface area contributed by atoms with Gasteiger partial charge in [0.1, 0.15) is 23.9 Å². The highest BCUT2D eigenvalue weighted by molar-refractivity contribution is 6.08. The zero-order valence-electron chi connectivity index (χ0n) is 16.4. The van der Waals surface area contributed by atoms with E-state index in [1.165, 1.54) is 0 Å².